The number of carbonyl (C=O) groups is 1. The van der Waals surface area contributed by atoms with Gasteiger partial charge in [0.05, 0.1) is 20.8 Å². The monoisotopic (exact) mass is 394 g/mol. The average Bonchev–Trinajstić information content (AvgIpc) is 2.62. The first-order valence-electron chi connectivity index (χ1n) is 9.24. The highest BCUT2D eigenvalue weighted by atomic mass is 16.6. The quantitative estimate of drug-likeness (QED) is 0.519. The van der Waals surface area contributed by atoms with Crippen LogP contribution in [-0.4, -0.2) is 56.9 Å². The molecule has 0 aliphatic rings. The van der Waals surface area contributed by atoms with E-state index in [1.807, 2.05) is 45.9 Å². The normalized spacial score (nSPS) is 12.9. The van der Waals surface area contributed by atoms with Gasteiger partial charge in [0.1, 0.15) is 5.60 Å². The van der Waals surface area contributed by atoms with E-state index in [0.29, 0.717) is 37.1 Å². The molecule has 0 saturated heterocycles. The number of carbonyl (C=O) groups excluding carboxylic acids is 1. The van der Waals surface area contributed by atoms with Gasteiger partial charge < -0.3 is 30.2 Å². The van der Waals surface area contributed by atoms with Crippen molar-refractivity contribution in [3.8, 4) is 11.5 Å². The van der Waals surface area contributed by atoms with Gasteiger partial charge in [-0.1, -0.05) is 13.0 Å². The van der Waals surface area contributed by atoms with Crippen molar-refractivity contribution in [3.63, 3.8) is 0 Å². The van der Waals surface area contributed by atoms with Crippen LogP contribution in [0.4, 0.5) is 4.79 Å². The second-order valence-corrected chi connectivity index (χ2v) is 7.74. The van der Waals surface area contributed by atoms with Crippen LogP contribution in [0.2, 0.25) is 0 Å². The average molecular weight is 395 g/mol. The summed E-state index contributed by atoms with van der Waals surface area (Å²) in [6.07, 6.45) is -0.338. The van der Waals surface area contributed by atoms with Crippen molar-refractivity contribution in [1.82, 2.24) is 10.2 Å². The van der Waals surface area contributed by atoms with Crippen molar-refractivity contribution < 1.29 is 19.0 Å². The van der Waals surface area contributed by atoms with Gasteiger partial charge in [0.25, 0.3) is 0 Å². The Bertz CT molecular complexity index is 671. The Hall–Kier alpha value is -2.64. The molecule has 0 saturated carbocycles. The molecule has 1 amide bonds. The first-order valence-corrected chi connectivity index (χ1v) is 9.24. The minimum atomic E-state index is -0.506. The number of guanidine groups is 1. The molecule has 0 spiro atoms. The molecule has 0 bridgehead atoms. The smallest absolute Gasteiger partial charge is 0.410 e. The van der Waals surface area contributed by atoms with E-state index in [2.05, 4.69) is 10.3 Å². The molecule has 1 aromatic rings. The molecule has 1 rings (SSSR count). The first kappa shape index (κ1) is 23.4. The third-order valence-electron chi connectivity index (χ3n) is 3.80. The fourth-order valence-corrected chi connectivity index (χ4v) is 2.44. The first-order chi connectivity index (χ1) is 13.1. The lowest BCUT2D eigenvalue weighted by molar-refractivity contribution is 0.0278. The van der Waals surface area contributed by atoms with Crippen LogP contribution in [-0.2, 0) is 11.3 Å². The maximum atomic E-state index is 12.0. The number of ether oxygens (including phenoxy) is 3. The molecular weight excluding hydrogens is 360 g/mol. The number of rotatable bonds is 8. The lowest BCUT2D eigenvalue weighted by atomic mass is 10.1. The summed E-state index contributed by atoms with van der Waals surface area (Å²) in [4.78, 5) is 17.9. The largest absolute Gasteiger partial charge is 0.493 e. The van der Waals surface area contributed by atoms with Crippen molar-refractivity contribution in [2.45, 2.75) is 39.8 Å². The highest BCUT2D eigenvalue weighted by Gasteiger charge is 2.20. The van der Waals surface area contributed by atoms with Gasteiger partial charge in [-0.05, 0) is 44.4 Å². The number of nitrogens with zero attached hydrogens (tertiary/aromatic N) is 2. The number of aliphatic imine (C=N–C) groups is 1. The van der Waals surface area contributed by atoms with Gasteiger partial charge in [0.2, 0.25) is 0 Å². The van der Waals surface area contributed by atoms with E-state index in [9.17, 15) is 4.79 Å². The van der Waals surface area contributed by atoms with Crippen molar-refractivity contribution >= 4 is 12.1 Å². The number of hydrogen-bond donors (Lipinski definition) is 2. The molecule has 1 unspecified atom stereocenters. The molecule has 8 nitrogen and oxygen atoms in total. The lowest BCUT2D eigenvalue weighted by Crippen LogP contribution is -2.41. The Labute approximate surface area is 168 Å². The topological polar surface area (TPSA) is 98.4 Å². The predicted octanol–water partition coefficient (Wildman–Crippen LogP) is 2.61. The molecule has 3 N–H and O–H groups in total. The van der Waals surface area contributed by atoms with Crippen molar-refractivity contribution in [2.24, 2.45) is 16.6 Å². The number of nitrogens with two attached hydrogens (primary N) is 1. The van der Waals surface area contributed by atoms with Gasteiger partial charge in [-0.25, -0.2) is 9.79 Å². The summed E-state index contributed by atoms with van der Waals surface area (Å²) in [7, 11) is 4.91. The molecule has 28 heavy (non-hydrogen) atoms. The molecule has 1 aromatic carbocycles. The number of hydrogen-bond acceptors (Lipinski definition) is 5. The second kappa shape index (κ2) is 10.6. The van der Waals surface area contributed by atoms with Gasteiger partial charge in [-0.3, -0.25) is 0 Å². The lowest BCUT2D eigenvalue weighted by Gasteiger charge is -2.26. The molecule has 0 radical (unpaired) electrons. The minimum absolute atomic E-state index is 0.173. The summed E-state index contributed by atoms with van der Waals surface area (Å²) in [6, 6.07) is 5.62. The Morgan fingerprint density at radius 3 is 2.46 bits per heavy atom. The second-order valence-electron chi connectivity index (χ2n) is 7.74. The number of benzene rings is 1. The summed E-state index contributed by atoms with van der Waals surface area (Å²) in [5.74, 6) is 1.85. The maximum Gasteiger partial charge on any atom is 0.410 e. The van der Waals surface area contributed by atoms with E-state index < -0.39 is 5.60 Å². The summed E-state index contributed by atoms with van der Waals surface area (Å²) in [5, 5.41) is 3.09. The molecule has 0 heterocycles. The van der Waals surface area contributed by atoms with Crippen molar-refractivity contribution in [3.05, 3.63) is 23.8 Å². The van der Waals surface area contributed by atoms with Crippen LogP contribution in [0.3, 0.4) is 0 Å². The number of nitrogens with one attached hydrogen (secondary N) is 1. The van der Waals surface area contributed by atoms with Gasteiger partial charge in [-0.2, -0.15) is 0 Å². The predicted molar refractivity (Wildman–Crippen MR) is 111 cm³/mol. The minimum Gasteiger partial charge on any atom is -0.493 e. The standard InChI is InChI=1S/C20H34N4O4/c1-14(13-24(5)19(25)28-20(2,3)4)11-22-18(21)23-12-15-8-9-16(26-6)17(10-15)27-7/h8-10,14H,11-13H2,1-7H3,(H3,21,22,23). The van der Waals surface area contributed by atoms with Crippen LogP contribution in [0.15, 0.2) is 23.2 Å². The van der Waals surface area contributed by atoms with Crippen LogP contribution in [0.5, 0.6) is 11.5 Å². The van der Waals surface area contributed by atoms with Crippen LogP contribution >= 0.6 is 0 Å². The maximum absolute atomic E-state index is 12.0. The SMILES string of the molecule is COc1ccc(CN=C(N)NCC(C)CN(C)C(=O)OC(C)(C)C)cc1OC. The molecule has 0 aliphatic heterocycles. The Kier molecular flexibility index (Phi) is 8.88. The van der Waals surface area contributed by atoms with E-state index in [-0.39, 0.29) is 12.0 Å². The Morgan fingerprint density at radius 2 is 1.89 bits per heavy atom. The Morgan fingerprint density at radius 1 is 1.25 bits per heavy atom. The van der Waals surface area contributed by atoms with Crippen LogP contribution in [0.1, 0.15) is 33.3 Å². The van der Waals surface area contributed by atoms with E-state index in [1.165, 1.54) is 0 Å². The van der Waals surface area contributed by atoms with Crippen molar-refractivity contribution in [1.29, 1.82) is 0 Å². The molecule has 0 fully saturated rings. The third-order valence-corrected chi connectivity index (χ3v) is 3.80. The summed E-state index contributed by atoms with van der Waals surface area (Å²) >= 11 is 0. The van der Waals surface area contributed by atoms with E-state index in [0.717, 1.165) is 5.56 Å². The molecule has 0 aromatic heterocycles. The van der Waals surface area contributed by atoms with Gasteiger partial charge in [0.15, 0.2) is 17.5 Å². The molecule has 0 aliphatic carbocycles. The van der Waals surface area contributed by atoms with Crippen LogP contribution in [0, 0.1) is 5.92 Å². The molecule has 1 atom stereocenters. The fraction of sp³-hybridized carbons (Fsp3) is 0.600. The van der Waals surface area contributed by atoms with Gasteiger partial charge >= 0.3 is 6.09 Å². The highest BCUT2D eigenvalue weighted by molar-refractivity contribution is 5.77. The molecule has 8 heteroatoms. The van der Waals surface area contributed by atoms with Gasteiger partial charge in [-0.15, -0.1) is 0 Å². The Balaban J connectivity index is 2.48. The van der Waals surface area contributed by atoms with Crippen molar-refractivity contribution in [2.75, 3.05) is 34.4 Å². The molecular formula is C20H34N4O4. The zero-order chi connectivity index (χ0) is 21.3. The highest BCUT2D eigenvalue weighted by Crippen LogP contribution is 2.27. The summed E-state index contributed by atoms with van der Waals surface area (Å²) in [6.45, 7) is 9.12. The molecule has 158 valence electrons. The number of amides is 1. The van der Waals surface area contributed by atoms with E-state index in [1.54, 1.807) is 26.2 Å². The zero-order valence-electron chi connectivity index (χ0n) is 18.0. The zero-order valence-corrected chi connectivity index (χ0v) is 18.0. The van der Waals surface area contributed by atoms with E-state index >= 15 is 0 Å². The van der Waals surface area contributed by atoms with Gasteiger partial charge in [0, 0.05) is 20.1 Å². The fourth-order valence-electron chi connectivity index (χ4n) is 2.44. The summed E-state index contributed by atoms with van der Waals surface area (Å²) < 4.78 is 15.9. The third kappa shape index (κ3) is 8.37. The number of methoxy groups -OCH3 is 2. The van der Waals surface area contributed by atoms with Crippen LogP contribution < -0.4 is 20.5 Å². The van der Waals surface area contributed by atoms with Crippen LogP contribution in [0.25, 0.3) is 0 Å². The van der Waals surface area contributed by atoms with E-state index in [4.69, 9.17) is 19.9 Å². The summed E-state index contributed by atoms with van der Waals surface area (Å²) in [5.41, 5.74) is 6.40.